The number of nitrogens with two attached hydrogens (primary N) is 2. The van der Waals surface area contributed by atoms with E-state index in [1.165, 1.54) is 0 Å². The number of carboxylic acid groups (broad SMARTS) is 1. The lowest BCUT2D eigenvalue weighted by Gasteiger charge is -2.28. The van der Waals surface area contributed by atoms with Crippen LogP contribution in [0.3, 0.4) is 0 Å². The van der Waals surface area contributed by atoms with E-state index in [1.54, 1.807) is 6.92 Å². The van der Waals surface area contributed by atoms with E-state index < -0.39 is 17.6 Å². The molecule has 1 aromatic carbocycles. The summed E-state index contributed by atoms with van der Waals surface area (Å²) in [5.41, 5.74) is 10.9. The quantitative estimate of drug-likeness (QED) is 0.666. The fraction of sp³-hybridized carbons (Fsp3) is 0.364. The summed E-state index contributed by atoms with van der Waals surface area (Å²) >= 11 is 0. The van der Waals surface area contributed by atoms with E-state index in [0.29, 0.717) is 0 Å². The zero-order chi connectivity index (χ0) is 11.5. The Morgan fingerprint density at radius 2 is 2.00 bits per heavy atom. The van der Waals surface area contributed by atoms with Gasteiger partial charge in [0.25, 0.3) is 0 Å². The van der Waals surface area contributed by atoms with E-state index in [9.17, 15) is 4.79 Å². The molecule has 4 nitrogen and oxygen atoms in total. The lowest BCUT2D eigenvalue weighted by molar-refractivity contribution is -0.144. The van der Waals surface area contributed by atoms with E-state index in [1.807, 2.05) is 30.3 Å². The fourth-order valence-corrected chi connectivity index (χ4v) is 1.36. The van der Waals surface area contributed by atoms with Crippen molar-refractivity contribution in [2.75, 3.05) is 0 Å². The number of hydrogen-bond donors (Lipinski definition) is 3. The molecule has 0 heterocycles. The SMILES string of the molecule is CC(N)C(N)(Cc1ccccc1)C(=O)O. The van der Waals surface area contributed by atoms with E-state index >= 15 is 0 Å². The molecule has 0 bridgehead atoms. The van der Waals surface area contributed by atoms with Crippen LogP contribution in [0.25, 0.3) is 0 Å². The van der Waals surface area contributed by atoms with Crippen molar-refractivity contribution >= 4 is 5.97 Å². The Balaban J connectivity index is 2.90. The molecule has 15 heavy (non-hydrogen) atoms. The molecule has 0 fully saturated rings. The Morgan fingerprint density at radius 3 is 2.40 bits per heavy atom. The first-order chi connectivity index (χ1) is 6.97. The topological polar surface area (TPSA) is 89.3 Å². The normalized spacial score (nSPS) is 16.7. The number of hydrogen-bond acceptors (Lipinski definition) is 3. The van der Waals surface area contributed by atoms with Crippen molar-refractivity contribution in [2.24, 2.45) is 11.5 Å². The number of carboxylic acids is 1. The Bertz CT molecular complexity index is 338. The van der Waals surface area contributed by atoms with Gasteiger partial charge in [-0.05, 0) is 12.5 Å². The number of aliphatic carboxylic acids is 1. The van der Waals surface area contributed by atoms with Crippen LogP contribution < -0.4 is 11.5 Å². The molecule has 1 rings (SSSR count). The molecule has 0 aromatic heterocycles. The van der Waals surface area contributed by atoms with Crippen LogP contribution >= 0.6 is 0 Å². The summed E-state index contributed by atoms with van der Waals surface area (Å²) in [4.78, 5) is 11.1. The number of carbonyl (C=O) groups is 1. The lowest BCUT2D eigenvalue weighted by atomic mass is 9.86. The van der Waals surface area contributed by atoms with Crippen molar-refractivity contribution in [1.82, 2.24) is 0 Å². The van der Waals surface area contributed by atoms with Crippen LogP contribution in [0.1, 0.15) is 12.5 Å². The second-order valence-corrected chi connectivity index (χ2v) is 3.80. The lowest BCUT2D eigenvalue weighted by Crippen LogP contribution is -2.61. The van der Waals surface area contributed by atoms with E-state index in [2.05, 4.69) is 0 Å². The van der Waals surface area contributed by atoms with Gasteiger partial charge in [-0.1, -0.05) is 30.3 Å². The van der Waals surface area contributed by atoms with Crippen LogP contribution in [-0.4, -0.2) is 22.7 Å². The first-order valence-corrected chi connectivity index (χ1v) is 4.78. The standard InChI is InChI=1S/C11H16N2O2/c1-8(12)11(13,10(14)15)7-9-5-3-2-4-6-9/h2-6,8H,7,12-13H2,1H3,(H,14,15). The highest BCUT2D eigenvalue weighted by atomic mass is 16.4. The zero-order valence-electron chi connectivity index (χ0n) is 8.68. The second-order valence-electron chi connectivity index (χ2n) is 3.80. The molecule has 5 N–H and O–H groups in total. The van der Waals surface area contributed by atoms with E-state index in [4.69, 9.17) is 16.6 Å². The van der Waals surface area contributed by atoms with Crippen molar-refractivity contribution in [2.45, 2.75) is 24.9 Å². The molecule has 0 aliphatic rings. The first-order valence-electron chi connectivity index (χ1n) is 4.78. The van der Waals surface area contributed by atoms with Gasteiger partial charge in [0, 0.05) is 12.5 Å². The van der Waals surface area contributed by atoms with Crippen molar-refractivity contribution in [1.29, 1.82) is 0 Å². The summed E-state index contributed by atoms with van der Waals surface area (Å²) in [6.45, 7) is 1.61. The maximum Gasteiger partial charge on any atom is 0.325 e. The van der Waals surface area contributed by atoms with Gasteiger partial charge in [0.15, 0.2) is 0 Å². The van der Waals surface area contributed by atoms with E-state index in [0.717, 1.165) is 5.56 Å². The van der Waals surface area contributed by atoms with Gasteiger partial charge in [0.2, 0.25) is 0 Å². The van der Waals surface area contributed by atoms with Gasteiger partial charge in [-0.2, -0.15) is 0 Å². The molecule has 0 aliphatic heterocycles. The Morgan fingerprint density at radius 1 is 1.47 bits per heavy atom. The third-order valence-corrected chi connectivity index (χ3v) is 2.55. The van der Waals surface area contributed by atoms with Crippen molar-refractivity contribution in [3.63, 3.8) is 0 Å². The second kappa shape index (κ2) is 4.42. The predicted octanol–water partition coefficient (Wildman–Crippen LogP) is 0.358. The number of benzene rings is 1. The van der Waals surface area contributed by atoms with Crippen molar-refractivity contribution in [3.05, 3.63) is 35.9 Å². The number of rotatable bonds is 4. The molecule has 0 aliphatic carbocycles. The van der Waals surface area contributed by atoms with Gasteiger partial charge in [-0.25, -0.2) is 0 Å². The molecular weight excluding hydrogens is 192 g/mol. The van der Waals surface area contributed by atoms with Crippen LogP contribution in [0.2, 0.25) is 0 Å². The van der Waals surface area contributed by atoms with Crippen LogP contribution in [0.4, 0.5) is 0 Å². The minimum atomic E-state index is -1.40. The molecule has 0 spiro atoms. The third kappa shape index (κ3) is 2.55. The summed E-state index contributed by atoms with van der Waals surface area (Å²) in [7, 11) is 0. The van der Waals surface area contributed by atoms with Crippen LogP contribution in [0, 0.1) is 0 Å². The Labute approximate surface area is 88.9 Å². The van der Waals surface area contributed by atoms with Crippen molar-refractivity contribution in [3.8, 4) is 0 Å². The van der Waals surface area contributed by atoms with Gasteiger partial charge in [0.05, 0.1) is 0 Å². The minimum Gasteiger partial charge on any atom is -0.480 e. The third-order valence-electron chi connectivity index (χ3n) is 2.55. The largest absolute Gasteiger partial charge is 0.480 e. The van der Waals surface area contributed by atoms with Crippen LogP contribution in [-0.2, 0) is 11.2 Å². The predicted molar refractivity (Wildman–Crippen MR) is 58.3 cm³/mol. The zero-order valence-corrected chi connectivity index (χ0v) is 8.68. The van der Waals surface area contributed by atoms with Gasteiger partial charge in [-0.3, -0.25) is 4.79 Å². The molecule has 0 amide bonds. The molecule has 82 valence electrons. The summed E-state index contributed by atoms with van der Waals surface area (Å²) in [6, 6.07) is 8.64. The van der Waals surface area contributed by atoms with Gasteiger partial charge in [-0.15, -0.1) is 0 Å². The van der Waals surface area contributed by atoms with E-state index in [-0.39, 0.29) is 6.42 Å². The summed E-state index contributed by atoms with van der Waals surface area (Å²) in [5.74, 6) is -1.07. The molecule has 0 saturated carbocycles. The summed E-state index contributed by atoms with van der Waals surface area (Å²) < 4.78 is 0. The smallest absolute Gasteiger partial charge is 0.325 e. The highest BCUT2D eigenvalue weighted by Gasteiger charge is 2.38. The minimum absolute atomic E-state index is 0.237. The molecule has 1 aromatic rings. The molecule has 4 heteroatoms. The van der Waals surface area contributed by atoms with Crippen molar-refractivity contribution < 1.29 is 9.90 Å². The maximum atomic E-state index is 11.1. The Hall–Kier alpha value is -1.39. The van der Waals surface area contributed by atoms with Gasteiger partial charge in [0.1, 0.15) is 5.54 Å². The molecule has 0 saturated heterocycles. The highest BCUT2D eigenvalue weighted by molar-refractivity contribution is 5.80. The monoisotopic (exact) mass is 208 g/mol. The average molecular weight is 208 g/mol. The van der Waals surface area contributed by atoms with Crippen LogP contribution in [0.5, 0.6) is 0 Å². The maximum absolute atomic E-state index is 11.1. The fourth-order valence-electron chi connectivity index (χ4n) is 1.36. The summed E-state index contributed by atoms with van der Waals surface area (Å²) in [6.07, 6.45) is 0.237. The van der Waals surface area contributed by atoms with Crippen LogP contribution in [0.15, 0.2) is 30.3 Å². The summed E-state index contributed by atoms with van der Waals surface area (Å²) in [5, 5.41) is 9.06. The van der Waals surface area contributed by atoms with Gasteiger partial charge < -0.3 is 16.6 Å². The first kappa shape index (κ1) is 11.7. The highest BCUT2D eigenvalue weighted by Crippen LogP contribution is 2.14. The molecular formula is C11H16N2O2. The molecule has 0 radical (unpaired) electrons. The Kier molecular flexibility index (Phi) is 3.44. The molecule has 2 unspecified atom stereocenters. The average Bonchev–Trinajstić information content (AvgIpc) is 2.18. The molecule has 2 atom stereocenters. The van der Waals surface area contributed by atoms with Gasteiger partial charge >= 0.3 is 5.97 Å².